The maximum Gasteiger partial charge on any atom is 0.130 e. The SMILES string of the molecule is NCCCc1cnn(Cc2cccc(Cl)c2)c1Cl. The fraction of sp³-hybridized carbons (Fsp3) is 0.308. The van der Waals surface area contributed by atoms with Crippen LogP contribution in [0.3, 0.4) is 0 Å². The monoisotopic (exact) mass is 283 g/mol. The maximum atomic E-state index is 6.28. The highest BCUT2D eigenvalue weighted by Crippen LogP contribution is 2.19. The Balaban J connectivity index is 2.12. The lowest BCUT2D eigenvalue weighted by Crippen LogP contribution is -2.03. The molecule has 1 heterocycles. The number of hydrogen-bond acceptors (Lipinski definition) is 2. The van der Waals surface area contributed by atoms with Crippen LogP contribution < -0.4 is 5.73 Å². The molecule has 0 aliphatic heterocycles. The number of hydrogen-bond donors (Lipinski definition) is 1. The Morgan fingerprint density at radius 3 is 2.83 bits per heavy atom. The molecule has 2 N–H and O–H groups in total. The molecule has 2 rings (SSSR count). The number of nitrogens with zero attached hydrogens (tertiary/aromatic N) is 2. The van der Waals surface area contributed by atoms with E-state index in [0.717, 1.165) is 29.0 Å². The van der Waals surface area contributed by atoms with Crippen LogP contribution in [0.15, 0.2) is 30.5 Å². The summed E-state index contributed by atoms with van der Waals surface area (Å²) in [5.41, 5.74) is 7.62. The second-order valence-electron chi connectivity index (χ2n) is 4.14. The summed E-state index contributed by atoms with van der Waals surface area (Å²) in [4.78, 5) is 0. The molecule has 1 aromatic heterocycles. The number of aryl methyl sites for hydroxylation is 1. The van der Waals surface area contributed by atoms with E-state index in [2.05, 4.69) is 5.10 Å². The van der Waals surface area contributed by atoms with Gasteiger partial charge in [-0.05, 0) is 37.1 Å². The Hall–Kier alpha value is -1.03. The molecule has 2 aromatic rings. The van der Waals surface area contributed by atoms with E-state index in [1.165, 1.54) is 0 Å². The van der Waals surface area contributed by atoms with Crippen LogP contribution in [0.2, 0.25) is 10.2 Å². The average Bonchev–Trinajstić information content (AvgIpc) is 2.69. The van der Waals surface area contributed by atoms with Crippen molar-refractivity contribution in [1.82, 2.24) is 9.78 Å². The molecule has 0 aliphatic rings. The first-order valence-electron chi connectivity index (χ1n) is 5.85. The zero-order chi connectivity index (χ0) is 13.0. The quantitative estimate of drug-likeness (QED) is 0.916. The molecular formula is C13H15Cl2N3. The highest BCUT2D eigenvalue weighted by atomic mass is 35.5. The van der Waals surface area contributed by atoms with Crippen molar-refractivity contribution in [2.45, 2.75) is 19.4 Å². The highest BCUT2D eigenvalue weighted by Gasteiger charge is 2.08. The van der Waals surface area contributed by atoms with E-state index in [4.69, 9.17) is 28.9 Å². The van der Waals surface area contributed by atoms with Crippen molar-refractivity contribution in [1.29, 1.82) is 0 Å². The first kappa shape index (κ1) is 13.4. The molecule has 5 heteroatoms. The normalized spacial score (nSPS) is 10.8. The highest BCUT2D eigenvalue weighted by molar-refractivity contribution is 6.30. The van der Waals surface area contributed by atoms with Crippen LogP contribution in [0.25, 0.3) is 0 Å². The van der Waals surface area contributed by atoms with E-state index < -0.39 is 0 Å². The predicted molar refractivity (Wildman–Crippen MR) is 75.2 cm³/mol. The lowest BCUT2D eigenvalue weighted by molar-refractivity contribution is 0.686. The Labute approximate surface area is 117 Å². The molecule has 0 spiro atoms. The third-order valence-corrected chi connectivity index (χ3v) is 3.39. The fourth-order valence-corrected chi connectivity index (χ4v) is 2.25. The Kier molecular flexibility index (Phi) is 4.64. The van der Waals surface area contributed by atoms with E-state index in [-0.39, 0.29) is 0 Å². The Morgan fingerprint density at radius 2 is 2.11 bits per heavy atom. The van der Waals surface area contributed by atoms with Gasteiger partial charge in [-0.25, -0.2) is 4.68 Å². The van der Waals surface area contributed by atoms with Crippen molar-refractivity contribution in [3.05, 3.63) is 51.8 Å². The smallest absolute Gasteiger partial charge is 0.130 e. The summed E-state index contributed by atoms with van der Waals surface area (Å²) >= 11 is 12.2. The second-order valence-corrected chi connectivity index (χ2v) is 4.93. The van der Waals surface area contributed by atoms with Crippen LogP contribution in [-0.2, 0) is 13.0 Å². The molecule has 1 aromatic carbocycles. The van der Waals surface area contributed by atoms with Crippen LogP contribution >= 0.6 is 23.2 Å². The minimum absolute atomic E-state index is 0.627. The second kappa shape index (κ2) is 6.23. The van der Waals surface area contributed by atoms with Crippen molar-refractivity contribution < 1.29 is 0 Å². The van der Waals surface area contributed by atoms with E-state index in [9.17, 15) is 0 Å². The molecule has 0 saturated heterocycles. The zero-order valence-electron chi connectivity index (χ0n) is 9.94. The summed E-state index contributed by atoms with van der Waals surface area (Å²) in [6.45, 7) is 1.29. The molecular weight excluding hydrogens is 269 g/mol. The predicted octanol–water partition coefficient (Wildman–Crippen LogP) is 3.13. The lowest BCUT2D eigenvalue weighted by atomic mass is 10.2. The first-order valence-corrected chi connectivity index (χ1v) is 6.61. The van der Waals surface area contributed by atoms with Crippen LogP contribution in [0, 0.1) is 0 Å². The van der Waals surface area contributed by atoms with Crippen LogP contribution in [0.1, 0.15) is 17.5 Å². The van der Waals surface area contributed by atoms with Gasteiger partial charge in [-0.1, -0.05) is 35.3 Å². The van der Waals surface area contributed by atoms with Gasteiger partial charge < -0.3 is 5.73 Å². The number of aromatic nitrogens is 2. The van der Waals surface area contributed by atoms with Crippen LogP contribution in [-0.4, -0.2) is 16.3 Å². The van der Waals surface area contributed by atoms with Gasteiger partial charge in [0.1, 0.15) is 5.15 Å². The number of nitrogens with two attached hydrogens (primary N) is 1. The molecule has 3 nitrogen and oxygen atoms in total. The van der Waals surface area contributed by atoms with Crippen LogP contribution in [0.4, 0.5) is 0 Å². The standard InChI is InChI=1S/C13H15Cl2N3/c14-12-5-1-3-10(7-12)9-18-13(15)11(8-17-18)4-2-6-16/h1,3,5,7-8H,2,4,6,9,16H2. The summed E-state index contributed by atoms with van der Waals surface area (Å²) < 4.78 is 1.78. The third-order valence-electron chi connectivity index (χ3n) is 2.72. The van der Waals surface area contributed by atoms with Gasteiger partial charge in [0.15, 0.2) is 0 Å². The summed E-state index contributed by atoms with van der Waals surface area (Å²) in [5.74, 6) is 0. The molecule has 0 saturated carbocycles. The van der Waals surface area contributed by atoms with Gasteiger partial charge in [-0.15, -0.1) is 0 Å². The summed E-state index contributed by atoms with van der Waals surface area (Å²) in [6, 6.07) is 7.69. The minimum atomic E-state index is 0.627. The molecule has 0 aliphatic carbocycles. The first-order chi connectivity index (χ1) is 8.70. The molecule has 0 radical (unpaired) electrons. The largest absolute Gasteiger partial charge is 0.330 e. The van der Waals surface area contributed by atoms with E-state index in [1.807, 2.05) is 30.5 Å². The molecule has 0 unspecified atom stereocenters. The lowest BCUT2D eigenvalue weighted by Gasteiger charge is -2.04. The number of rotatable bonds is 5. The van der Waals surface area contributed by atoms with Crippen molar-refractivity contribution in [3.8, 4) is 0 Å². The summed E-state index contributed by atoms with van der Waals surface area (Å²) in [6.07, 6.45) is 3.59. The van der Waals surface area contributed by atoms with E-state index >= 15 is 0 Å². The van der Waals surface area contributed by atoms with Gasteiger partial charge in [0.05, 0.1) is 12.7 Å². The minimum Gasteiger partial charge on any atom is -0.330 e. The third kappa shape index (κ3) is 3.25. The van der Waals surface area contributed by atoms with Crippen molar-refractivity contribution in [2.24, 2.45) is 5.73 Å². The van der Waals surface area contributed by atoms with Gasteiger partial charge in [-0.2, -0.15) is 5.10 Å². The molecule has 0 bridgehead atoms. The van der Waals surface area contributed by atoms with E-state index in [1.54, 1.807) is 4.68 Å². The topological polar surface area (TPSA) is 43.8 Å². The van der Waals surface area contributed by atoms with E-state index in [0.29, 0.717) is 18.2 Å². The summed E-state index contributed by atoms with van der Waals surface area (Å²) in [7, 11) is 0. The Bertz CT molecular complexity index is 523. The van der Waals surface area contributed by atoms with Gasteiger partial charge in [-0.3, -0.25) is 0 Å². The fourth-order valence-electron chi connectivity index (χ4n) is 1.79. The maximum absolute atomic E-state index is 6.28. The molecule has 0 amide bonds. The number of benzene rings is 1. The molecule has 96 valence electrons. The van der Waals surface area contributed by atoms with Gasteiger partial charge in [0.25, 0.3) is 0 Å². The molecule has 0 fully saturated rings. The average molecular weight is 284 g/mol. The molecule has 18 heavy (non-hydrogen) atoms. The van der Waals surface area contributed by atoms with Gasteiger partial charge in [0, 0.05) is 10.6 Å². The van der Waals surface area contributed by atoms with Gasteiger partial charge in [0.2, 0.25) is 0 Å². The van der Waals surface area contributed by atoms with Crippen LogP contribution in [0.5, 0.6) is 0 Å². The number of halogens is 2. The summed E-state index contributed by atoms with van der Waals surface area (Å²) in [5, 5.41) is 5.70. The molecule has 0 atom stereocenters. The van der Waals surface area contributed by atoms with Crippen molar-refractivity contribution in [3.63, 3.8) is 0 Å². The van der Waals surface area contributed by atoms with Gasteiger partial charge >= 0.3 is 0 Å². The Morgan fingerprint density at radius 1 is 1.28 bits per heavy atom. The van der Waals surface area contributed by atoms with Crippen molar-refractivity contribution >= 4 is 23.2 Å². The van der Waals surface area contributed by atoms with Crippen molar-refractivity contribution in [2.75, 3.05) is 6.54 Å². The zero-order valence-corrected chi connectivity index (χ0v) is 11.5.